The molecule has 2 N–H and O–H groups in total. The second-order valence-electron chi connectivity index (χ2n) is 4.40. The van der Waals surface area contributed by atoms with Gasteiger partial charge in [-0.25, -0.2) is 0 Å². The van der Waals surface area contributed by atoms with Crippen LogP contribution < -0.4 is 5.32 Å². The number of rotatable bonds is 8. The van der Waals surface area contributed by atoms with Crippen LogP contribution in [-0.4, -0.2) is 48.0 Å². The normalized spacial score (nSPS) is 27.2. The molecule has 0 saturated carbocycles. The van der Waals surface area contributed by atoms with Gasteiger partial charge in [0.25, 0.3) is 0 Å². The topological polar surface area (TPSA) is 41.5 Å². The molecule has 0 amide bonds. The summed E-state index contributed by atoms with van der Waals surface area (Å²) in [7, 11) is 0. The number of thioether (sulfide) groups is 1. The van der Waals surface area contributed by atoms with E-state index < -0.39 is 0 Å². The minimum absolute atomic E-state index is 0.276. The van der Waals surface area contributed by atoms with Crippen molar-refractivity contribution in [3.05, 3.63) is 0 Å². The Kier molecular flexibility index (Phi) is 7.45. The van der Waals surface area contributed by atoms with Crippen LogP contribution in [0.4, 0.5) is 0 Å². The lowest BCUT2D eigenvalue weighted by Gasteiger charge is -2.20. The molecule has 16 heavy (non-hydrogen) atoms. The van der Waals surface area contributed by atoms with E-state index in [0.29, 0.717) is 17.4 Å². The first kappa shape index (κ1) is 14.3. The van der Waals surface area contributed by atoms with Gasteiger partial charge in [-0.3, -0.25) is 0 Å². The van der Waals surface area contributed by atoms with Crippen LogP contribution in [0.5, 0.6) is 0 Å². The van der Waals surface area contributed by atoms with Gasteiger partial charge in [0.15, 0.2) is 0 Å². The molecular weight excluding hydrogens is 222 g/mol. The largest absolute Gasteiger partial charge is 0.396 e. The predicted molar refractivity (Wildman–Crippen MR) is 70.1 cm³/mol. The van der Waals surface area contributed by atoms with Gasteiger partial charge in [0.1, 0.15) is 0 Å². The van der Waals surface area contributed by atoms with Crippen molar-refractivity contribution >= 4 is 11.8 Å². The maximum absolute atomic E-state index is 9.01. The van der Waals surface area contributed by atoms with Gasteiger partial charge in [0.05, 0.1) is 6.10 Å². The Morgan fingerprint density at radius 2 is 2.38 bits per heavy atom. The molecule has 0 aromatic carbocycles. The van der Waals surface area contributed by atoms with Gasteiger partial charge in [-0.1, -0.05) is 6.92 Å². The van der Waals surface area contributed by atoms with E-state index in [1.54, 1.807) is 0 Å². The van der Waals surface area contributed by atoms with E-state index in [0.717, 1.165) is 31.7 Å². The fraction of sp³-hybridized carbons (Fsp3) is 1.00. The molecule has 0 spiro atoms. The molecule has 0 aromatic rings. The third-order valence-electron chi connectivity index (χ3n) is 2.98. The zero-order valence-corrected chi connectivity index (χ0v) is 11.3. The number of ether oxygens (including phenoxy) is 1. The zero-order valence-electron chi connectivity index (χ0n) is 10.4. The molecule has 1 rings (SSSR count). The quantitative estimate of drug-likeness (QED) is 0.684. The van der Waals surface area contributed by atoms with Crippen molar-refractivity contribution in [2.75, 3.05) is 25.5 Å². The molecule has 3 atom stereocenters. The number of aliphatic hydroxyl groups is 1. The van der Waals surface area contributed by atoms with Crippen molar-refractivity contribution in [3.8, 4) is 0 Å². The van der Waals surface area contributed by atoms with Crippen molar-refractivity contribution in [2.45, 2.75) is 50.5 Å². The number of nitrogens with one attached hydrogen (secondary N) is 1. The maximum Gasteiger partial charge on any atom is 0.0666 e. The number of aliphatic hydroxyl groups excluding tert-OH is 1. The Bertz CT molecular complexity index is 180. The molecule has 0 aromatic heterocycles. The predicted octanol–water partition coefficient (Wildman–Crippen LogP) is 1.65. The van der Waals surface area contributed by atoms with Crippen LogP contribution in [-0.2, 0) is 4.74 Å². The van der Waals surface area contributed by atoms with Gasteiger partial charge in [-0.05, 0) is 32.7 Å². The SMILES string of the molecule is CCCNC(CCO)CSC1CCOC1C. The first-order chi connectivity index (χ1) is 7.77. The summed E-state index contributed by atoms with van der Waals surface area (Å²) in [6.07, 6.45) is 3.57. The average Bonchev–Trinajstić information content (AvgIpc) is 2.68. The third kappa shape index (κ3) is 5.04. The van der Waals surface area contributed by atoms with Crippen molar-refractivity contribution in [2.24, 2.45) is 0 Å². The van der Waals surface area contributed by atoms with E-state index in [9.17, 15) is 0 Å². The monoisotopic (exact) mass is 247 g/mol. The summed E-state index contributed by atoms with van der Waals surface area (Å²) in [6.45, 7) is 6.56. The number of hydrogen-bond acceptors (Lipinski definition) is 4. The second kappa shape index (κ2) is 8.34. The summed E-state index contributed by atoms with van der Waals surface area (Å²) in [5.41, 5.74) is 0. The summed E-state index contributed by atoms with van der Waals surface area (Å²) in [4.78, 5) is 0. The smallest absolute Gasteiger partial charge is 0.0666 e. The summed E-state index contributed by atoms with van der Waals surface area (Å²) in [6, 6.07) is 0.447. The third-order valence-corrected chi connectivity index (χ3v) is 4.62. The van der Waals surface area contributed by atoms with Gasteiger partial charge in [0, 0.05) is 30.3 Å². The van der Waals surface area contributed by atoms with Crippen molar-refractivity contribution in [3.63, 3.8) is 0 Å². The number of hydrogen-bond donors (Lipinski definition) is 2. The summed E-state index contributed by atoms with van der Waals surface area (Å²) in [5.74, 6) is 1.08. The van der Waals surface area contributed by atoms with Crippen molar-refractivity contribution in [1.82, 2.24) is 5.32 Å². The van der Waals surface area contributed by atoms with Crippen LogP contribution in [0.3, 0.4) is 0 Å². The van der Waals surface area contributed by atoms with Crippen LogP contribution >= 0.6 is 11.8 Å². The van der Waals surface area contributed by atoms with Crippen LogP contribution in [0.25, 0.3) is 0 Å². The molecule has 1 aliphatic heterocycles. The van der Waals surface area contributed by atoms with Crippen LogP contribution in [0, 0.1) is 0 Å². The van der Waals surface area contributed by atoms with Gasteiger partial charge in [0.2, 0.25) is 0 Å². The highest BCUT2D eigenvalue weighted by Crippen LogP contribution is 2.26. The van der Waals surface area contributed by atoms with Crippen molar-refractivity contribution in [1.29, 1.82) is 0 Å². The summed E-state index contributed by atoms with van der Waals surface area (Å²) >= 11 is 1.99. The summed E-state index contributed by atoms with van der Waals surface area (Å²) < 4.78 is 5.55. The minimum atomic E-state index is 0.276. The van der Waals surface area contributed by atoms with E-state index in [1.807, 2.05) is 11.8 Å². The Balaban J connectivity index is 2.19. The molecule has 3 unspecified atom stereocenters. The van der Waals surface area contributed by atoms with E-state index in [-0.39, 0.29) is 6.61 Å². The molecule has 1 fully saturated rings. The van der Waals surface area contributed by atoms with Crippen LogP contribution in [0.15, 0.2) is 0 Å². The van der Waals surface area contributed by atoms with E-state index >= 15 is 0 Å². The first-order valence-electron chi connectivity index (χ1n) is 6.35. The molecule has 96 valence electrons. The highest BCUT2D eigenvalue weighted by Gasteiger charge is 2.25. The van der Waals surface area contributed by atoms with Gasteiger partial charge >= 0.3 is 0 Å². The highest BCUT2D eigenvalue weighted by atomic mass is 32.2. The molecular formula is C12H25NO2S. The van der Waals surface area contributed by atoms with E-state index in [2.05, 4.69) is 19.2 Å². The minimum Gasteiger partial charge on any atom is -0.396 e. The molecule has 1 heterocycles. The first-order valence-corrected chi connectivity index (χ1v) is 7.40. The molecule has 3 nitrogen and oxygen atoms in total. The van der Waals surface area contributed by atoms with Gasteiger partial charge in [-0.15, -0.1) is 0 Å². The van der Waals surface area contributed by atoms with E-state index in [1.165, 1.54) is 6.42 Å². The Hall–Kier alpha value is 0.230. The zero-order chi connectivity index (χ0) is 11.8. The van der Waals surface area contributed by atoms with Gasteiger partial charge in [-0.2, -0.15) is 11.8 Å². The lowest BCUT2D eigenvalue weighted by Crippen LogP contribution is -2.34. The Morgan fingerprint density at radius 3 is 2.94 bits per heavy atom. The molecule has 0 aliphatic carbocycles. The van der Waals surface area contributed by atoms with Crippen LogP contribution in [0.2, 0.25) is 0 Å². The molecule has 0 bridgehead atoms. The molecule has 1 aliphatic rings. The lowest BCUT2D eigenvalue weighted by atomic mass is 10.2. The standard InChI is InChI=1S/C12H25NO2S/c1-3-6-13-11(4-7-14)9-16-12-5-8-15-10(12)2/h10-14H,3-9H2,1-2H3. The fourth-order valence-electron chi connectivity index (χ4n) is 1.92. The average molecular weight is 247 g/mol. The summed E-state index contributed by atoms with van der Waals surface area (Å²) in [5, 5.41) is 13.1. The molecule has 4 heteroatoms. The second-order valence-corrected chi connectivity index (χ2v) is 5.67. The fourth-order valence-corrected chi connectivity index (χ4v) is 3.30. The van der Waals surface area contributed by atoms with Crippen molar-refractivity contribution < 1.29 is 9.84 Å². The Morgan fingerprint density at radius 1 is 1.56 bits per heavy atom. The molecule has 1 saturated heterocycles. The maximum atomic E-state index is 9.01. The van der Waals surface area contributed by atoms with Gasteiger partial charge < -0.3 is 15.2 Å². The highest BCUT2D eigenvalue weighted by molar-refractivity contribution is 8.00. The lowest BCUT2D eigenvalue weighted by molar-refractivity contribution is 0.127. The van der Waals surface area contributed by atoms with E-state index in [4.69, 9.17) is 9.84 Å². The Labute approximate surface area is 103 Å². The van der Waals surface area contributed by atoms with Crippen LogP contribution in [0.1, 0.15) is 33.1 Å². The molecule has 0 radical (unpaired) electrons.